The van der Waals surface area contributed by atoms with E-state index < -0.39 is 0 Å². The maximum Gasteiger partial charge on any atom is 0.134 e. The molecule has 1 heterocycles. The number of hydrogen-bond acceptors (Lipinski definition) is 2. The van der Waals surface area contributed by atoms with Crippen molar-refractivity contribution < 1.29 is 4.74 Å². The number of halogens is 3. The van der Waals surface area contributed by atoms with Crippen LogP contribution in [0.1, 0.15) is 17.5 Å². The minimum atomic E-state index is 0. The molecule has 0 radical (unpaired) electrons. The Labute approximate surface area is 122 Å². The van der Waals surface area contributed by atoms with Crippen LogP contribution in [-0.2, 0) is 0 Å². The van der Waals surface area contributed by atoms with E-state index in [0.717, 1.165) is 45.9 Å². The topological polar surface area (TPSA) is 21.3 Å². The van der Waals surface area contributed by atoms with Crippen LogP contribution >= 0.6 is 39.9 Å². The minimum absolute atomic E-state index is 0. The summed E-state index contributed by atoms with van der Waals surface area (Å²) in [5, 5.41) is 4.10. The quantitative estimate of drug-likeness (QED) is 0.882. The molecule has 0 aliphatic carbocycles. The van der Waals surface area contributed by atoms with Crippen LogP contribution in [-0.4, -0.2) is 19.2 Å². The summed E-state index contributed by atoms with van der Waals surface area (Å²) in [4.78, 5) is 0. The summed E-state index contributed by atoms with van der Waals surface area (Å²) in [6, 6.07) is 2.00. The van der Waals surface area contributed by atoms with Crippen LogP contribution < -0.4 is 10.1 Å². The zero-order valence-corrected chi connectivity index (χ0v) is 13.0. The maximum atomic E-state index is 6.17. The summed E-state index contributed by atoms with van der Waals surface area (Å²) < 4.78 is 6.92. The van der Waals surface area contributed by atoms with Crippen molar-refractivity contribution in [2.24, 2.45) is 0 Å². The monoisotopic (exact) mass is 339 g/mol. The molecule has 0 aromatic heterocycles. The summed E-state index contributed by atoms with van der Waals surface area (Å²) in [6.07, 6.45) is 1.34. The van der Waals surface area contributed by atoms with Gasteiger partial charge in [-0.1, -0.05) is 11.6 Å². The summed E-state index contributed by atoms with van der Waals surface area (Å²) in [5.74, 6) is 0.896. The number of benzene rings is 1. The number of aryl methyl sites for hydroxylation is 1. The molecule has 0 amide bonds. The van der Waals surface area contributed by atoms with Crippen LogP contribution in [0.25, 0.3) is 0 Å². The van der Waals surface area contributed by atoms with Crippen molar-refractivity contribution in [1.29, 1.82) is 0 Å². The third-order valence-electron chi connectivity index (χ3n) is 2.88. The van der Waals surface area contributed by atoms with Crippen molar-refractivity contribution in [2.75, 3.05) is 13.1 Å². The molecule has 2 nitrogen and oxygen atoms in total. The van der Waals surface area contributed by atoms with Crippen molar-refractivity contribution in [2.45, 2.75) is 26.4 Å². The highest BCUT2D eigenvalue weighted by Gasteiger charge is 2.19. The Kier molecular flexibility index (Phi) is 5.58. The van der Waals surface area contributed by atoms with Crippen molar-refractivity contribution in [3.8, 4) is 5.75 Å². The normalized spacial score (nSPS) is 18.9. The lowest BCUT2D eigenvalue weighted by Crippen LogP contribution is -2.19. The third kappa shape index (κ3) is 3.28. The standard InChI is InChI=1S/C12H15BrClNO.ClH/c1-7-5-10(11(13)8(2)12(7)14)16-9-3-4-15-6-9;/h5,9,15H,3-4,6H2,1-2H3;1H. The van der Waals surface area contributed by atoms with Crippen LogP contribution in [0.15, 0.2) is 10.5 Å². The third-order valence-corrected chi connectivity index (χ3v) is 4.44. The Balaban J connectivity index is 0.00000144. The SMILES string of the molecule is Cc1cc(OC2CCNC2)c(Br)c(C)c1Cl.Cl. The molecule has 0 spiro atoms. The Hall–Kier alpha value is 0.0400. The van der Waals surface area contributed by atoms with Gasteiger partial charge >= 0.3 is 0 Å². The van der Waals surface area contributed by atoms with Gasteiger partial charge in [0.05, 0.1) is 4.47 Å². The number of ether oxygens (including phenoxy) is 1. The fourth-order valence-corrected chi connectivity index (χ4v) is 2.56. The first-order valence-corrected chi connectivity index (χ1v) is 6.59. The molecule has 2 rings (SSSR count). The van der Waals surface area contributed by atoms with Gasteiger partial charge < -0.3 is 10.1 Å². The molecule has 96 valence electrons. The molecule has 1 atom stereocenters. The van der Waals surface area contributed by atoms with E-state index >= 15 is 0 Å². The van der Waals surface area contributed by atoms with E-state index in [0.29, 0.717) is 0 Å². The van der Waals surface area contributed by atoms with Crippen LogP contribution in [0.4, 0.5) is 0 Å². The van der Waals surface area contributed by atoms with E-state index in [2.05, 4.69) is 21.2 Å². The Morgan fingerprint density at radius 3 is 2.76 bits per heavy atom. The molecule has 17 heavy (non-hydrogen) atoms. The molecule has 0 bridgehead atoms. The molecule has 1 fully saturated rings. The molecule has 1 saturated heterocycles. The van der Waals surface area contributed by atoms with Gasteiger partial charge in [-0.05, 0) is 59.9 Å². The van der Waals surface area contributed by atoms with Crippen molar-refractivity contribution >= 4 is 39.9 Å². The van der Waals surface area contributed by atoms with Crippen LogP contribution in [0.3, 0.4) is 0 Å². The van der Waals surface area contributed by atoms with Gasteiger partial charge in [0.25, 0.3) is 0 Å². The van der Waals surface area contributed by atoms with E-state index in [1.165, 1.54) is 0 Å². The van der Waals surface area contributed by atoms with Gasteiger partial charge in [0, 0.05) is 11.6 Å². The van der Waals surface area contributed by atoms with Crippen molar-refractivity contribution in [3.63, 3.8) is 0 Å². The Bertz CT molecular complexity index is 406. The summed E-state index contributed by atoms with van der Waals surface area (Å²) in [6.45, 7) is 5.96. The summed E-state index contributed by atoms with van der Waals surface area (Å²) >= 11 is 9.72. The summed E-state index contributed by atoms with van der Waals surface area (Å²) in [7, 11) is 0. The Morgan fingerprint density at radius 2 is 2.18 bits per heavy atom. The molecule has 5 heteroatoms. The van der Waals surface area contributed by atoms with Crippen LogP contribution in [0.2, 0.25) is 5.02 Å². The molecule has 1 N–H and O–H groups in total. The highest BCUT2D eigenvalue weighted by Crippen LogP contribution is 2.36. The van der Waals surface area contributed by atoms with Crippen LogP contribution in [0.5, 0.6) is 5.75 Å². The lowest BCUT2D eigenvalue weighted by molar-refractivity contribution is 0.221. The molecule has 1 aliphatic rings. The van der Waals surface area contributed by atoms with E-state index in [4.69, 9.17) is 16.3 Å². The first-order chi connectivity index (χ1) is 7.59. The smallest absolute Gasteiger partial charge is 0.134 e. The highest BCUT2D eigenvalue weighted by atomic mass is 79.9. The van der Waals surface area contributed by atoms with Gasteiger partial charge in [0.15, 0.2) is 0 Å². The number of rotatable bonds is 2. The van der Waals surface area contributed by atoms with Gasteiger partial charge in [-0.2, -0.15) is 0 Å². The predicted octanol–water partition coefficient (Wildman–Crippen LogP) is 3.88. The van der Waals surface area contributed by atoms with Crippen LogP contribution in [0, 0.1) is 13.8 Å². The lowest BCUT2D eigenvalue weighted by Gasteiger charge is -2.17. The zero-order valence-electron chi connectivity index (χ0n) is 9.85. The van der Waals surface area contributed by atoms with Crippen molar-refractivity contribution in [3.05, 3.63) is 26.7 Å². The van der Waals surface area contributed by atoms with Gasteiger partial charge in [-0.15, -0.1) is 12.4 Å². The second-order valence-corrected chi connectivity index (χ2v) is 5.35. The predicted molar refractivity (Wildman–Crippen MR) is 77.8 cm³/mol. The molecular formula is C12H16BrCl2NO. The van der Waals surface area contributed by atoms with E-state index in [1.54, 1.807) is 0 Å². The zero-order chi connectivity index (χ0) is 11.7. The largest absolute Gasteiger partial charge is 0.488 e. The number of hydrogen-bond donors (Lipinski definition) is 1. The lowest BCUT2D eigenvalue weighted by atomic mass is 10.1. The minimum Gasteiger partial charge on any atom is -0.488 e. The first-order valence-electron chi connectivity index (χ1n) is 5.42. The van der Waals surface area contributed by atoms with E-state index in [-0.39, 0.29) is 18.5 Å². The van der Waals surface area contributed by atoms with Gasteiger partial charge in [-0.3, -0.25) is 0 Å². The van der Waals surface area contributed by atoms with E-state index in [9.17, 15) is 0 Å². The molecular weight excluding hydrogens is 325 g/mol. The number of nitrogens with one attached hydrogen (secondary N) is 1. The van der Waals surface area contributed by atoms with Gasteiger partial charge in [-0.25, -0.2) is 0 Å². The average Bonchev–Trinajstić information content (AvgIpc) is 2.76. The average molecular weight is 341 g/mol. The summed E-state index contributed by atoms with van der Waals surface area (Å²) in [5.41, 5.74) is 2.10. The van der Waals surface area contributed by atoms with Gasteiger partial charge in [0.1, 0.15) is 11.9 Å². The molecule has 1 aromatic rings. The van der Waals surface area contributed by atoms with Crippen molar-refractivity contribution in [1.82, 2.24) is 5.32 Å². The first kappa shape index (κ1) is 15.1. The Morgan fingerprint density at radius 1 is 1.47 bits per heavy atom. The fraction of sp³-hybridized carbons (Fsp3) is 0.500. The second kappa shape index (κ2) is 6.28. The highest BCUT2D eigenvalue weighted by molar-refractivity contribution is 9.10. The fourth-order valence-electron chi connectivity index (χ4n) is 1.89. The molecule has 1 aliphatic heterocycles. The molecule has 0 saturated carbocycles. The van der Waals surface area contributed by atoms with E-state index in [1.807, 2.05) is 19.9 Å². The molecule has 1 aromatic carbocycles. The second-order valence-electron chi connectivity index (χ2n) is 4.18. The van der Waals surface area contributed by atoms with Gasteiger partial charge in [0.2, 0.25) is 0 Å². The molecule has 1 unspecified atom stereocenters. The maximum absolute atomic E-state index is 6.17.